The van der Waals surface area contributed by atoms with Crippen LogP contribution in [0.5, 0.6) is 0 Å². The number of benzene rings is 3. The second-order valence-electron chi connectivity index (χ2n) is 31.4. The third-order valence-electron chi connectivity index (χ3n) is 21.0. The molecule has 16 atom stereocenters. The van der Waals surface area contributed by atoms with Gasteiger partial charge in [-0.25, -0.2) is 9.59 Å². The molecule has 0 spiro atoms. The Morgan fingerprint density at radius 2 is 1.05 bits per heavy atom. The summed E-state index contributed by atoms with van der Waals surface area (Å²) in [5.74, 6) is 0.218. The van der Waals surface area contributed by atoms with Gasteiger partial charge in [0, 0.05) is 100 Å². The van der Waals surface area contributed by atoms with Crippen molar-refractivity contribution in [3.05, 3.63) is 205 Å². The van der Waals surface area contributed by atoms with E-state index < -0.39 is 74.8 Å². The number of halogens is 2. The average Bonchev–Trinajstić information content (AvgIpc) is 1.73. The van der Waals surface area contributed by atoms with Gasteiger partial charge in [-0.15, -0.1) is 0 Å². The zero-order chi connectivity index (χ0) is 80.3. The van der Waals surface area contributed by atoms with Crippen molar-refractivity contribution in [1.82, 2.24) is 0 Å². The Hall–Kier alpha value is -4.75. The molecule has 4 N–H and O–H groups in total. The third-order valence-corrected chi connectivity index (χ3v) is 22.9. The predicted molar refractivity (Wildman–Crippen MR) is 465 cm³/mol. The molecule has 0 unspecified atom stereocenters. The number of fused-ring (bicyclic) bond motifs is 6. The summed E-state index contributed by atoms with van der Waals surface area (Å²) in [6.45, 7) is 31.3. The van der Waals surface area contributed by atoms with Crippen molar-refractivity contribution in [3.8, 4) is 0 Å². The molecule has 3 aromatic carbocycles. The van der Waals surface area contributed by atoms with Gasteiger partial charge in [0.2, 0.25) is 0 Å². The summed E-state index contributed by atoms with van der Waals surface area (Å²) in [4.78, 5) is 30.0. The number of epoxide rings is 2. The van der Waals surface area contributed by atoms with Crippen molar-refractivity contribution in [1.29, 1.82) is 0 Å². The molecule has 12 rings (SSSR count). The van der Waals surface area contributed by atoms with Gasteiger partial charge in [-0.05, 0) is 165 Å². The molecule has 609 valence electrons. The van der Waals surface area contributed by atoms with Crippen molar-refractivity contribution in [2.24, 2.45) is 17.8 Å². The molecule has 113 heavy (non-hydrogen) atoms. The number of rotatable bonds is 11. The van der Waals surface area contributed by atoms with Crippen LogP contribution in [-0.4, -0.2) is 206 Å². The van der Waals surface area contributed by atoms with E-state index in [1.165, 1.54) is 89.3 Å². The molecule has 0 amide bonds. The summed E-state index contributed by atoms with van der Waals surface area (Å²) >= 11 is -1.61. The van der Waals surface area contributed by atoms with E-state index in [9.17, 15) is 30.0 Å². The number of ether oxygens (including phenoxy) is 8. The van der Waals surface area contributed by atoms with Gasteiger partial charge in [0.1, 0.15) is 36.6 Å². The summed E-state index contributed by atoms with van der Waals surface area (Å²) < 4.78 is 47.9. The van der Waals surface area contributed by atoms with E-state index in [-0.39, 0.29) is 76.5 Å². The topological polar surface area (TPSA) is 202 Å². The normalized spacial score (nSPS) is 29.1. The molecule has 8 aliphatic heterocycles. The number of carbonyl (C=O) groups excluding carboxylic acids is 2. The molecule has 5 fully saturated rings. The number of carbonyl (C=O) groups is 2. The van der Waals surface area contributed by atoms with E-state index in [0.717, 1.165) is 81.2 Å². The molecular formula is C87H122B7Cl2N2O14Ru-2. The maximum absolute atomic E-state index is 12.6. The number of cyclic esters (lactones) is 2. The van der Waals surface area contributed by atoms with Gasteiger partial charge in [-0.1, -0.05) is 155 Å². The predicted octanol–water partition coefficient (Wildman–Crippen LogP) is 13.9. The van der Waals surface area contributed by atoms with E-state index in [0.29, 0.717) is 63.1 Å². The summed E-state index contributed by atoms with van der Waals surface area (Å²) in [5, 5.41) is 43.1. The zero-order valence-electron chi connectivity index (χ0n) is 67.4. The van der Waals surface area contributed by atoms with Crippen molar-refractivity contribution in [2.45, 2.75) is 264 Å². The van der Waals surface area contributed by atoms with Crippen LogP contribution in [0, 0.1) is 73.4 Å². The van der Waals surface area contributed by atoms with Crippen LogP contribution in [0.4, 0.5) is 11.4 Å². The van der Waals surface area contributed by atoms with Gasteiger partial charge in [0.25, 0.3) is 0 Å². The van der Waals surface area contributed by atoms with Crippen LogP contribution < -0.4 is 9.80 Å². The molecule has 4 bridgehead atoms. The number of aliphatic hydroxyl groups excluding tert-OH is 4. The van der Waals surface area contributed by atoms with Crippen molar-refractivity contribution in [3.63, 3.8) is 0 Å². The third kappa shape index (κ3) is 33.9. The van der Waals surface area contributed by atoms with Crippen LogP contribution in [-0.2, 0) is 61.0 Å². The minimum atomic E-state index is -1.61. The Balaban J connectivity index is 0.000000240. The fourth-order valence-corrected chi connectivity index (χ4v) is 17.6. The number of aliphatic hydroxyl groups is 4. The zero-order valence-corrected chi connectivity index (χ0v) is 70.6. The Morgan fingerprint density at radius 3 is 1.46 bits per heavy atom. The first-order valence-electron chi connectivity index (χ1n) is 39.7. The Morgan fingerprint density at radius 1 is 0.619 bits per heavy atom. The molecule has 26 heteroatoms. The average molecular weight is 1670 g/mol. The van der Waals surface area contributed by atoms with Crippen LogP contribution in [0.25, 0.3) is 0 Å². The van der Waals surface area contributed by atoms with Crippen LogP contribution in [0.15, 0.2) is 152 Å². The second kappa shape index (κ2) is 49.6. The number of aryl methyl sites for hydroxylation is 6. The van der Waals surface area contributed by atoms with Gasteiger partial charge in [0.15, 0.2) is 6.29 Å². The van der Waals surface area contributed by atoms with E-state index in [2.05, 4.69) is 134 Å². The van der Waals surface area contributed by atoms with Crippen LogP contribution in [0.3, 0.4) is 0 Å². The van der Waals surface area contributed by atoms with Crippen LogP contribution in [0.2, 0.25) is 0 Å². The summed E-state index contributed by atoms with van der Waals surface area (Å²) in [5.41, 5.74) is 13.9. The SMILES string of the molecule is C.C=C1C[C@H](C)C[C@@H]2CC=C[C@@H](C/C=C\C(=O)O[C@H]([C@@H](O)/C=C/C3CCCCC3)C[C@@H]3O[C@H]3[C@@H](O)C1)O2.C=C1C[C@H](C)C[C@@H]2CC=C[C@@H](C/C=C\C(=O)O[C@H]([C@@H](O)/C=C/C3OCCO3)C[C@@H]3O[C@H]3[C@@H](O)C1)O2.Cc1cc(C)c(N2[CH-]N(c3c(C)cc(C)cc3C)CC2)c(C)c1.[B][B]B([B])B([B])[B].[CH3-].[Cl][Ru]([Cl])=[CH]c1ccccc1. The first-order valence-corrected chi connectivity index (χ1v) is 45.1. The van der Waals surface area contributed by atoms with Gasteiger partial charge in [0.05, 0.1) is 62.0 Å². The minimum absolute atomic E-state index is 0. The van der Waals surface area contributed by atoms with Crippen LogP contribution >= 0.6 is 19.4 Å². The molecule has 9 radical (unpaired) electrons. The summed E-state index contributed by atoms with van der Waals surface area (Å²) in [6.07, 6.45) is 28.1. The second-order valence-corrected chi connectivity index (χ2v) is 37.1. The summed E-state index contributed by atoms with van der Waals surface area (Å²) in [7, 11) is 32.9. The molecule has 1 saturated carbocycles. The van der Waals surface area contributed by atoms with E-state index in [1.54, 1.807) is 24.3 Å². The Labute approximate surface area is 697 Å². The Kier molecular flexibility index (Phi) is 42.6. The maximum atomic E-state index is 12.6. The fraction of sp³-hybridized carbons (Fsp3) is 0.552. The molecule has 1 aliphatic carbocycles. The molecular weight excluding hydrogens is 1540 g/mol. The molecule has 0 aromatic heterocycles. The quantitative estimate of drug-likeness (QED) is 0.0464. The molecule has 9 aliphatic rings. The van der Waals surface area contributed by atoms with E-state index in [1.807, 2.05) is 41.0 Å². The monoisotopic (exact) mass is 1670 g/mol. The van der Waals surface area contributed by atoms with Crippen molar-refractivity contribution >= 4 is 98.1 Å². The van der Waals surface area contributed by atoms with Crippen molar-refractivity contribution < 1.29 is 81.4 Å². The van der Waals surface area contributed by atoms with Gasteiger partial charge in [-0.3, -0.25) is 0 Å². The van der Waals surface area contributed by atoms with Crippen molar-refractivity contribution in [2.75, 3.05) is 36.1 Å². The number of esters is 2. The van der Waals surface area contributed by atoms with Gasteiger partial charge < -0.3 is 75.5 Å². The fourth-order valence-electron chi connectivity index (χ4n) is 15.8. The number of hydrogen-bond donors (Lipinski definition) is 4. The number of hydrogen-bond acceptors (Lipinski definition) is 16. The first kappa shape index (κ1) is 97.1. The standard InChI is InChI=1S/C30H44O6.C27H38O8.C21H27N2.C7H6.CH4.CH3.B7.2ClH.Ru/c1-20-16-21(2)18-26(32)30-28(36-30)19-27(25(31)15-14-22-8-4-3-5-9-22)35-29(33)13-7-11-23-10-6-12-24(17-20)34-23;1-17-13-18(2)15-22(29)27-24(35-27)16-23(21(28)9-10-26-31-11-12-32-26)34-25(30)8-4-6-19-5-3-7-20(14-17)33-19;1-14-9-16(3)20(17(4)10-14)22-7-8-23(13-22)21-18(5)11-15(2)12-19(21)6;1-7-5-3-2-4-6-7;;;1-5-7(4)6(2)3;;;/h6-7,10,13-15,20,22-28,30-32H,2-5,8-9,11-12,16-19H2,1H3;3-5,8-10,17,19-24,26-29H,2,6-7,11-16H2,1H3;9-13H,7-8H2,1-6H3;1-6H;1H4;1H3;;2*1H;/q;;-1;;;-1;;;;+2/p-2/b13-7-,15-14+;8-4-,10-9+;;;;;;;;/t20-,23-,24-,25-,26-,27-,28-,30-;17-,19-,20-,21-,22-,23-,24-,27-;;;;;;;;/m00......../s1. The van der Waals surface area contributed by atoms with Crippen LogP contribution in [0.1, 0.15) is 169 Å². The number of nitrogens with zero attached hydrogens (tertiary/aromatic N) is 2. The first-order chi connectivity index (χ1) is 53.1. The number of anilines is 2. The van der Waals surface area contributed by atoms with Gasteiger partial charge in [-0.2, -0.15) is 6.67 Å². The molecule has 8 heterocycles. The molecule has 16 nitrogen and oxygen atoms in total. The Bertz CT molecular complexity index is 3560. The van der Waals surface area contributed by atoms with E-state index in [4.69, 9.17) is 88.2 Å². The van der Waals surface area contributed by atoms with Gasteiger partial charge >= 0.3 is 85.3 Å². The molecule has 4 saturated heterocycles. The summed E-state index contributed by atoms with van der Waals surface area (Å²) in [6, 6.07) is 19.0. The number of allylic oxidation sites excluding steroid dienone is 1. The molecule has 3 aromatic rings. The van der Waals surface area contributed by atoms with E-state index >= 15 is 0 Å².